The number of fused-ring (bicyclic) bond motifs is 1. The lowest BCUT2D eigenvalue weighted by atomic mass is 10.2. The van der Waals surface area contributed by atoms with E-state index in [1.54, 1.807) is 6.92 Å². The summed E-state index contributed by atoms with van der Waals surface area (Å²) < 4.78 is 6.02. The van der Waals surface area contributed by atoms with Crippen LogP contribution in [0.1, 0.15) is 23.0 Å². The number of esters is 1. The molecule has 1 aliphatic rings. The van der Waals surface area contributed by atoms with E-state index >= 15 is 0 Å². The number of aromatic amines is 1. The highest BCUT2D eigenvalue weighted by molar-refractivity contribution is 6.15. The van der Waals surface area contributed by atoms with E-state index in [0.717, 1.165) is 5.56 Å². The van der Waals surface area contributed by atoms with E-state index in [4.69, 9.17) is 4.74 Å². The van der Waals surface area contributed by atoms with Crippen LogP contribution in [0.3, 0.4) is 0 Å². The number of anilines is 1. The first kappa shape index (κ1) is 16.5. The van der Waals surface area contributed by atoms with Gasteiger partial charge in [-0.15, -0.1) is 0 Å². The molecule has 2 heterocycles. The lowest BCUT2D eigenvalue weighted by Crippen LogP contribution is -2.48. The molecule has 3 N–H and O–H groups in total. The summed E-state index contributed by atoms with van der Waals surface area (Å²) in [5.74, 6) is -2.36. The number of ether oxygens (including phenoxy) is 1. The minimum Gasteiger partial charge on any atom is -0.464 e. The molecular formula is C16H16N4O5. The van der Waals surface area contributed by atoms with Crippen molar-refractivity contribution in [2.24, 2.45) is 0 Å². The highest BCUT2D eigenvalue weighted by Gasteiger charge is 2.36. The van der Waals surface area contributed by atoms with Gasteiger partial charge in [-0.25, -0.2) is 9.59 Å². The first-order valence-corrected chi connectivity index (χ1v) is 7.66. The molecule has 0 aliphatic carbocycles. The zero-order chi connectivity index (χ0) is 18.0. The third kappa shape index (κ3) is 3.16. The van der Waals surface area contributed by atoms with E-state index in [2.05, 4.69) is 15.6 Å². The zero-order valence-electron chi connectivity index (χ0n) is 13.4. The third-order valence-corrected chi connectivity index (χ3v) is 3.70. The highest BCUT2D eigenvalue weighted by atomic mass is 16.5. The molecule has 0 spiro atoms. The van der Waals surface area contributed by atoms with Crippen molar-refractivity contribution in [3.63, 3.8) is 0 Å². The molecule has 0 bridgehead atoms. The van der Waals surface area contributed by atoms with Crippen molar-refractivity contribution >= 4 is 23.6 Å². The summed E-state index contributed by atoms with van der Waals surface area (Å²) in [4.78, 5) is 51.0. The number of amides is 2. The molecule has 3 rings (SSSR count). The van der Waals surface area contributed by atoms with Crippen LogP contribution < -0.4 is 16.3 Å². The minimum atomic E-state index is -1.48. The fourth-order valence-corrected chi connectivity index (χ4v) is 2.53. The maximum atomic E-state index is 12.3. The topological polar surface area (TPSA) is 122 Å². The Kier molecular flexibility index (Phi) is 4.38. The largest absolute Gasteiger partial charge is 0.464 e. The van der Waals surface area contributed by atoms with E-state index < -0.39 is 29.5 Å². The molecule has 9 heteroatoms. The number of hydrogen-bond donors (Lipinski definition) is 3. The Morgan fingerprint density at radius 3 is 2.60 bits per heavy atom. The predicted octanol–water partition coefficient (Wildman–Crippen LogP) is -0.162. The van der Waals surface area contributed by atoms with Gasteiger partial charge in [-0.05, 0) is 12.5 Å². The monoisotopic (exact) mass is 344 g/mol. The second-order valence-electron chi connectivity index (χ2n) is 5.37. The molecule has 130 valence electrons. The van der Waals surface area contributed by atoms with Crippen LogP contribution in [0.4, 0.5) is 5.82 Å². The van der Waals surface area contributed by atoms with Crippen LogP contribution in [0.5, 0.6) is 0 Å². The Labute approximate surface area is 142 Å². The molecule has 1 aromatic heterocycles. The van der Waals surface area contributed by atoms with Crippen LogP contribution in [0.25, 0.3) is 0 Å². The van der Waals surface area contributed by atoms with E-state index in [9.17, 15) is 19.2 Å². The molecule has 1 atom stereocenters. The Balaban J connectivity index is 1.96. The molecule has 2 amide bonds. The van der Waals surface area contributed by atoms with Gasteiger partial charge in [0.15, 0.2) is 0 Å². The molecule has 1 unspecified atom stereocenters. The standard InChI is InChI=1S/C16H16N4O5/c1-2-25-15(23)11-14(22)19-12-10(13(21)17-11)18-16(24)20(12)8-9-6-4-3-5-7-9/h3-7,11H,2,8H2,1H3,(H,17,21)(H,18,24)(H,19,22). The van der Waals surface area contributed by atoms with Crippen LogP contribution in [0, 0.1) is 0 Å². The normalized spacial score (nSPS) is 16.4. The lowest BCUT2D eigenvalue weighted by molar-refractivity contribution is -0.147. The average molecular weight is 344 g/mol. The van der Waals surface area contributed by atoms with Crippen LogP contribution in [-0.2, 0) is 20.9 Å². The van der Waals surface area contributed by atoms with Gasteiger partial charge in [-0.1, -0.05) is 30.3 Å². The SMILES string of the molecule is CCOC(=O)C1NC(=O)c2[nH]c(=O)n(Cc3ccccc3)c2NC1=O. The molecular weight excluding hydrogens is 328 g/mol. The molecule has 25 heavy (non-hydrogen) atoms. The Bertz CT molecular complexity index is 884. The minimum absolute atomic E-state index is 0.0168. The van der Waals surface area contributed by atoms with E-state index in [0.29, 0.717) is 0 Å². The number of rotatable bonds is 4. The van der Waals surface area contributed by atoms with Crippen molar-refractivity contribution in [2.45, 2.75) is 19.5 Å². The summed E-state index contributed by atoms with van der Waals surface area (Å²) in [5.41, 5.74) is 0.159. The number of benzene rings is 1. The number of H-pyrrole nitrogens is 1. The Morgan fingerprint density at radius 1 is 1.20 bits per heavy atom. The third-order valence-electron chi connectivity index (χ3n) is 3.70. The maximum absolute atomic E-state index is 12.3. The number of carbonyl (C=O) groups excluding carboxylic acids is 3. The molecule has 0 fully saturated rings. The van der Waals surface area contributed by atoms with Gasteiger partial charge in [0.2, 0.25) is 6.04 Å². The number of carbonyl (C=O) groups is 3. The van der Waals surface area contributed by atoms with Gasteiger partial charge < -0.3 is 15.4 Å². The average Bonchev–Trinajstić information content (AvgIpc) is 2.83. The van der Waals surface area contributed by atoms with E-state index in [-0.39, 0.29) is 24.7 Å². The lowest BCUT2D eigenvalue weighted by Gasteiger charge is -2.13. The number of hydrogen-bond acceptors (Lipinski definition) is 5. The Hall–Kier alpha value is -3.36. The van der Waals surface area contributed by atoms with Crippen molar-refractivity contribution in [2.75, 3.05) is 11.9 Å². The number of aromatic nitrogens is 2. The van der Waals surface area contributed by atoms with Crippen LogP contribution in [0.2, 0.25) is 0 Å². The Morgan fingerprint density at radius 2 is 1.92 bits per heavy atom. The van der Waals surface area contributed by atoms with Gasteiger partial charge in [0.1, 0.15) is 11.5 Å². The molecule has 0 saturated carbocycles. The first-order chi connectivity index (χ1) is 12.0. The fourth-order valence-electron chi connectivity index (χ4n) is 2.53. The van der Waals surface area contributed by atoms with Crippen molar-refractivity contribution in [3.8, 4) is 0 Å². The molecule has 9 nitrogen and oxygen atoms in total. The zero-order valence-corrected chi connectivity index (χ0v) is 13.4. The number of nitrogens with zero attached hydrogens (tertiary/aromatic N) is 1. The van der Waals surface area contributed by atoms with Crippen molar-refractivity contribution in [1.82, 2.24) is 14.9 Å². The first-order valence-electron chi connectivity index (χ1n) is 7.66. The maximum Gasteiger partial charge on any atom is 0.338 e. The second kappa shape index (κ2) is 6.63. The van der Waals surface area contributed by atoms with Crippen molar-refractivity contribution in [1.29, 1.82) is 0 Å². The molecule has 2 aromatic rings. The van der Waals surface area contributed by atoms with E-state index in [1.165, 1.54) is 4.57 Å². The van der Waals surface area contributed by atoms with Gasteiger partial charge in [0.05, 0.1) is 13.2 Å². The van der Waals surface area contributed by atoms with Crippen LogP contribution in [-0.4, -0.2) is 40.0 Å². The molecule has 0 saturated heterocycles. The van der Waals surface area contributed by atoms with Gasteiger partial charge >= 0.3 is 11.7 Å². The second-order valence-corrected chi connectivity index (χ2v) is 5.37. The summed E-state index contributed by atoms with van der Waals surface area (Å²) in [6.45, 7) is 1.82. The van der Waals surface area contributed by atoms with Crippen LogP contribution >= 0.6 is 0 Å². The van der Waals surface area contributed by atoms with Gasteiger partial charge in [0.25, 0.3) is 11.8 Å². The summed E-state index contributed by atoms with van der Waals surface area (Å²) in [6.07, 6.45) is 0. The summed E-state index contributed by atoms with van der Waals surface area (Å²) in [5, 5.41) is 4.73. The highest BCUT2D eigenvalue weighted by Crippen LogP contribution is 2.17. The molecule has 1 aromatic carbocycles. The quantitative estimate of drug-likeness (QED) is 0.525. The summed E-state index contributed by atoms with van der Waals surface area (Å²) >= 11 is 0. The summed E-state index contributed by atoms with van der Waals surface area (Å²) in [6, 6.07) is 7.61. The van der Waals surface area contributed by atoms with Gasteiger partial charge in [-0.2, -0.15) is 0 Å². The molecule has 1 aliphatic heterocycles. The van der Waals surface area contributed by atoms with Crippen molar-refractivity contribution < 1.29 is 19.1 Å². The number of nitrogens with one attached hydrogen (secondary N) is 3. The smallest absolute Gasteiger partial charge is 0.338 e. The van der Waals surface area contributed by atoms with Crippen LogP contribution in [0.15, 0.2) is 35.1 Å². The molecule has 0 radical (unpaired) electrons. The van der Waals surface area contributed by atoms with Gasteiger partial charge in [0, 0.05) is 0 Å². The van der Waals surface area contributed by atoms with Gasteiger partial charge in [-0.3, -0.25) is 19.1 Å². The number of imidazole rings is 1. The summed E-state index contributed by atoms with van der Waals surface area (Å²) in [7, 11) is 0. The predicted molar refractivity (Wildman–Crippen MR) is 87.1 cm³/mol. The fraction of sp³-hybridized carbons (Fsp3) is 0.250. The van der Waals surface area contributed by atoms with E-state index in [1.807, 2.05) is 30.3 Å². The van der Waals surface area contributed by atoms with Crippen molar-refractivity contribution in [3.05, 3.63) is 52.1 Å².